The molecule has 0 spiro atoms. The quantitative estimate of drug-likeness (QED) is 0.842. The first kappa shape index (κ1) is 13.7. The zero-order chi connectivity index (χ0) is 14.9. The first-order valence-corrected chi connectivity index (χ1v) is 8.25. The van der Waals surface area contributed by atoms with Gasteiger partial charge in [0, 0.05) is 17.7 Å². The van der Waals surface area contributed by atoms with Crippen LogP contribution in [0.4, 0.5) is 0 Å². The van der Waals surface area contributed by atoms with Gasteiger partial charge in [-0.15, -0.1) is 0 Å². The molecule has 1 aliphatic heterocycles. The number of benzene rings is 2. The van der Waals surface area contributed by atoms with E-state index in [0.717, 1.165) is 6.67 Å². The van der Waals surface area contributed by atoms with E-state index in [1.165, 1.54) is 47.2 Å². The summed E-state index contributed by atoms with van der Waals surface area (Å²) in [4.78, 5) is 4.86. The van der Waals surface area contributed by atoms with E-state index in [0.29, 0.717) is 12.0 Å². The number of nitrogens with zero attached hydrogens (tertiary/aromatic N) is 1. The van der Waals surface area contributed by atoms with E-state index >= 15 is 0 Å². The van der Waals surface area contributed by atoms with Crippen molar-refractivity contribution in [3.63, 3.8) is 0 Å². The number of aryl methyl sites for hydroxylation is 2. The first-order valence-electron chi connectivity index (χ1n) is 8.25. The van der Waals surface area contributed by atoms with Crippen molar-refractivity contribution in [2.24, 2.45) is 10.9 Å². The van der Waals surface area contributed by atoms with Crippen LogP contribution in [-0.2, 0) is 6.42 Å². The van der Waals surface area contributed by atoms with Crippen LogP contribution >= 0.6 is 0 Å². The first-order chi connectivity index (χ1) is 10.8. The molecule has 0 amide bonds. The fraction of sp³-hybridized carbons (Fsp3) is 0.350. The Morgan fingerprint density at radius 2 is 2.00 bits per heavy atom. The zero-order valence-corrected chi connectivity index (χ0v) is 13.0. The molecule has 0 bridgehead atoms. The molecule has 0 radical (unpaired) electrons. The molecule has 4 rings (SSSR count). The van der Waals surface area contributed by atoms with E-state index < -0.39 is 0 Å². The molecule has 0 fully saturated rings. The highest BCUT2D eigenvalue weighted by molar-refractivity contribution is 6.04. The van der Waals surface area contributed by atoms with Gasteiger partial charge in [-0.05, 0) is 42.9 Å². The second-order valence-electron chi connectivity index (χ2n) is 6.45. The molecule has 2 aromatic rings. The Labute approximate surface area is 132 Å². The van der Waals surface area contributed by atoms with Gasteiger partial charge in [0.25, 0.3) is 0 Å². The number of hydrogen-bond donors (Lipinski definition) is 1. The lowest BCUT2D eigenvalue weighted by molar-refractivity contribution is 0.401. The van der Waals surface area contributed by atoms with Gasteiger partial charge in [-0.3, -0.25) is 10.3 Å². The van der Waals surface area contributed by atoms with Crippen LogP contribution in [0.1, 0.15) is 41.1 Å². The molecule has 0 saturated heterocycles. The Morgan fingerprint density at radius 1 is 1.09 bits per heavy atom. The molecule has 112 valence electrons. The average molecular weight is 290 g/mol. The van der Waals surface area contributed by atoms with E-state index in [1.807, 2.05) is 0 Å². The summed E-state index contributed by atoms with van der Waals surface area (Å²) in [5.74, 6) is 0.485. The predicted octanol–water partition coefficient (Wildman–Crippen LogP) is 4.04. The lowest BCUT2D eigenvalue weighted by Gasteiger charge is -2.33. The molecule has 2 aromatic carbocycles. The van der Waals surface area contributed by atoms with Crippen LogP contribution in [0.25, 0.3) is 0 Å². The summed E-state index contributed by atoms with van der Waals surface area (Å²) in [6, 6.07) is 18.1. The maximum Gasteiger partial charge on any atom is 0.0893 e. The van der Waals surface area contributed by atoms with Crippen LogP contribution in [0.3, 0.4) is 0 Å². The summed E-state index contributed by atoms with van der Waals surface area (Å²) in [6.07, 6.45) is 3.62. The SMILES string of the molecule is Cc1cccc(C2NCN=C3c4ccccc4CCCC32)c1. The molecule has 1 N–H and O–H groups in total. The molecule has 0 saturated carbocycles. The number of nitrogens with one attached hydrogen (secondary N) is 1. The standard InChI is InChI=1S/C20H22N2/c1-14-6-4-9-16(12-14)19-18-11-5-8-15-7-2-3-10-17(15)20(18)22-13-21-19/h2-4,6-7,9-10,12,18-19,21H,5,8,11,13H2,1H3. The molecular weight excluding hydrogens is 268 g/mol. The molecule has 2 unspecified atom stereocenters. The number of rotatable bonds is 1. The van der Waals surface area contributed by atoms with Gasteiger partial charge >= 0.3 is 0 Å². The second kappa shape index (κ2) is 5.69. The van der Waals surface area contributed by atoms with Crippen molar-refractivity contribution in [2.75, 3.05) is 6.67 Å². The highest BCUT2D eigenvalue weighted by atomic mass is 15.1. The van der Waals surface area contributed by atoms with Gasteiger partial charge < -0.3 is 0 Å². The van der Waals surface area contributed by atoms with Crippen molar-refractivity contribution in [1.82, 2.24) is 5.32 Å². The summed E-state index contributed by atoms with van der Waals surface area (Å²) in [6.45, 7) is 2.89. The van der Waals surface area contributed by atoms with Crippen molar-refractivity contribution >= 4 is 5.71 Å². The third kappa shape index (κ3) is 2.38. The van der Waals surface area contributed by atoms with E-state index in [9.17, 15) is 0 Å². The van der Waals surface area contributed by atoms with Crippen LogP contribution in [0.5, 0.6) is 0 Å². The summed E-state index contributed by atoms with van der Waals surface area (Å²) in [5, 5.41) is 3.63. The third-order valence-electron chi connectivity index (χ3n) is 4.97. The van der Waals surface area contributed by atoms with Crippen LogP contribution in [0.2, 0.25) is 0 Å². The smallest absolute Gasteiger partial charge is 0.0893 e. The Kier molecular flexibility index (Phi) is 3.55. The molecule has 2 heteroatoms. The summed E-state index contributed by atoms with van der Waals surface area (Å²) < 4.78 is 0. The fourth-order valence-corrected chi connectivity index (χ4v) is 3.95. The maximum absolute atomic E-state index is 4.86. The molecule has 22 heavy (non-hydrogen) atoms. The van der Waals surface area contributed by atoms with Crippen LogP contribution in [0.15, 0.2) is 53.5 Å². The van der Waals surface area contributed by atoms with Gasteiger partial charge in [0.2, 0.25) is 0 Å². The minimum atomic E-state index is 0.388. The molecular formula is C20H22N2. The summed E-state index contributed by atoms with van der Waals surface area (Å²) >= 11 is 0. The third-order valence-corrected chi connectivity index (χ3v) is 4.97. The number of fused-ring (bicyclic) bond motifs is 3. The monoisotopic (exact) mass is 290 g/mol. The lowest BCUT2D eigenvalue weighted by atomic mass is 9.83. The van der Waals surface area contributed by atoms with Gasteiger partial charge in [0.15, 0.2) is 0 Å². The van der Waals surface area contributed by atoms with Crippen molar-refractivity contribution < 1.29 is 0 Å². The minimum absolute atomic E-state index is 0.388. The topological polar surface area (TPSA) is 24.4 Å². The van der Waals surface area contributed by atoms with Crippen LogP contribution in [0, 0.1) is 12.8 Å². The van der Waals surface area contributed by atoms with Gasteiger partial charge in [-0.2, -0.15) is 0 Å². The van der Waals surface area contributed by atoms with Gasteiger partial charge in [-0.1, -0.05) is 54.1 Å². The Bertz CT molecular complexity index is 717. The number of hydrogen-bond acceptors (Lipinski definition) is 2. The van der Waals surface area contributed by atoms with Crippen molar-refractivity contribution in [1.29, 1.82) is 0 Å². The van der Waals surface area contributed by atoms with E-state index in [2.05, 4.69) is 60.8 Å². The van der Waals surface area contributed by atoms with Gasteiger partial charge in [-0.25, -0.2) is 0 Å². The Morgan fingerprint density at radius 3 is 2.91 bits per heavy atom. The van der Waals surface area contributed by atoms with Crippen molar-refractivity contribution in [2.45, 2.75) is 32.2 Å². The van der Waals surface area contributed by atoms with Crippen LogP contribution < -0.4 is 5.32 Å². The second-order valence-corrected chi connectivity index (χ2v) is 6.45. The highest BCUT2D eigenvalue weighted by Gasteiger charge is 2.33. The normalized spacial score (nSPS) is 24.0. The van der Waals surface area contributed by atoms with E-state index in [4.69, 9.17) is 4.99 Å². The molecule has 1 aliphatic carbocycles. The maximum atomic E-state index is 4.86. The fourth-order valence-electron chi connectivity index (χ4n) is 3.95. The minimum Gasteiger partial charge on any atom is -0.291 e. The van der Waals surface area contributed by atoms with Crippen LogP contribution in [-0.4, -0.2) is 12.4 Å². The largest absolute Gasteiger partial charge is 0.291 e. The molecule has 0 aromatic heterocycles. The molecule has 2 atom stereocenters. The van der Waals surface area contributed by atoms with Gasteiger partial charge in [0.05, 0.1) is 6.67 Å². The van der Waals surface area contributed by atoms with Crippen molar-refractivity contribution in [3.8, 4) is 0 Å². The van der Waals surface area contributed by atoms with Crippen molar-refractivity contribution in [3.05, 3.63) is 70.8 Å². The molecule has 1 heterocycles. The lowest BCUT2D eigenvalue weighted by Crippen LogP contribution is -2.38. The molecule has 2 nitrogen and oxygen atoms in total. The molecule has 2 aliphatic rings. The summed E-state index contributed by atoms with van der Waals surface area (Å²) in [7, 11) is 0. The Hall–Kier alpha value is -1.93. The summed E-state index contributed by atoms with van der Waals surface area (Å²) in [5.41, 5.74) is 6.89. The predicted molar refractivity (Wildman–Crippen MR) is 91.3 cm³/mol. The van der Waals surface area contributed by atoms with E-state index in [-0.39, 0.29) is 0 Å². The zero-order valence-electron chi connectivity index (χ0n) is 13.0. The van der Waals surface area contributed by atoms with Gasteiger partial charge in [0.1, 0.15) is 0 Å². The Balaban J connectivity index is 1.76. The van der Waals surface area contributed by atoms with E-state index in [1.54, 1.807) is 0 Å². The highest BCUT2D eigenvalue weighted by Crippen LogP contribution is 2.36. The average Bonchev–Trinajstić information content (AvgIpc) is 2.74. The number of aliphatic imine (C=N–C) groups is 1.